The first-order valence-electron chi connectivity index (χ1n) is 9.12. The van der Waals surface area contributed by atoms with E-state index in [0.717, 1.165) is 18.6 Å². The number of hydrogen-bond donors (Lipinski definition) is 0. The molecule has 0 radical (unpaired) electrons. The molecule has 24 heavy (non-hydrogen) atoms. The van der Waals surface area contributed by atoms with Crippen molar-refractivity contribution in [3.05, 3.63) is 53.6 Å². The van der Waals surface area contributed by atoms with Gasteiger partial charge < -0.3 is 4.43 Å². The SMILES string of the molecule is CC(C)=CCCC(C)/C=C(\O[Si](C)(C)C(C)(C)C)c1ccccc1. The zero-order chi connectivity index (χ0) is 18.4. The van der Waals surface area contributed by atoms with E-state index >= 15 is 0 Å². The van der Waals surface area contributed by atoms with E-state index in [9.17, 15) is 0 Å². The molecule has 0 bridgehead atoms. The summed E-state index contributed by atoms with van der Waals surface area (Å²) in [5.41, 5.74) is 2.59. The van der Waals surface area contributed by atoms with Gasteiger partial charge in [-0.1, -0.05) is 69.7 Å². The molecule has 0 saturated carbocycles. The summed E-state index contributed by atoms with van der Waals surface area (Å²) in [5, 5.41) is 0.201. The van der Waals surface area contributed by atoms with Gasteiger partial charge in [0.25, 0.3) is 0 Å². The predicted octanol–water partition coefficient (Wildman–Crippen LogP) is 7.43. The van der Waals surface area contributed by atoms with Crippen molar-refractivity contribution in [2.24, 2.45) is 5.92 Å². The van der Waals surface area contributed by atoms with E-state index in [0.29, 0.717) is 5.92 Å². The lowest BCUT2D eigenvalue weighted by Gasteiger charge is -2.37. The highest BCUT2D eigenvalue weighted by molar-refractivity contribution is 6.74. The van der Waals surface area contributed by atoms with Crippen molar-refractivity contribution in [3.63, 3.8) is 0 Å². The highest BCUT2D eigenvalue weighted by Crippen LogP contribution is 2.39. The Morgan fingerprint density at radius 3 is 2.21 bits per heavy atom. The van der Waals surface area contributed by atoms with Crippen molar-refractivity contribution in [1.29, 1.82) is 0 Å². The maximum atomic E-state index is 6.67. The van der Waals surface area contributed by atoms with Crippen LogP contribution in [0.25, 0.3) is 5.76 Å². The molecule has 134 valence electrons. The smallest absolute Gasteiger partial charge is 0.250 e. The second-order valence-electron chi connectivity index (χ2n) is 8.60. The fourth-order valence-corrected chi connectivity index (χ4v) is 3.24. The van der Waals surface area contributed by atoms with Gasteiger partial charge in [-0.15, -0.1) is 0 Å². The fourth-order valence-electron chi connectivity index (χ4n) is 2.20. The first-order valence-corrected chi connectivity index (χ1v) is 12.0. The zero-order valence-corrected chi connectivity index (χ0v) is 17.9. The molecule has 0 aliphatic carbocycles. The molecule has 2 heteroatoms. The molecule has 1 rings (SSSR count). The fraction of sp³-hybridized carbons (Fsp3) is 0.545. The summed E-state index contributed by atoms with van der Waals surface area (Å²) in [5.74, 6) is 1.56. The van der Waals surface area contributed by atoms with E-state index in [1.54, 1.807) is 0 Å². The summed E-state index contributed by atoms with van der Waals surface area (Å²) in [7, 11) is -1.85. The van der Waals surface area contributed by atoms with Crippen LogP contribution in [0.15, 0.2) is 48.1 Å². The van der Waals surface area contributed by atoms with Crippen LogP contribution in [-0.2, 0) is 4.43 Å². The Labute approximate surface area is 151 Å². The van der Waals surface area contributed by atoms with Gasteiger partial charge in [-0.2, -0.15) is 0 Å². The van der Waals surface area contributed by atoms with Crippen LogP contribution in [0.2, 0.25) is 18.1 Å². The van der Waals surface area contributed by atoms with Crippen LogP contribution in [-0.4, -0.2) is 8.32 Å². The molecule has 1 atom stereocenters. The lowest BCUT2D eigenvalue weighted by Crippen LogP contribution is -2.40. The maximum absolute atomic E-state index is 6.67. The minimum atomic E-state index is -1.85. The molecule has 0 aromatic heterocycles. The van der Waals surface area contributed by atoms with Gasteiger partial charge in [-0.3, -0.25) is 0 Å². The summed E-state index contributed by atoms with van der Waals surface area (Å²) >= 11 is 0. The van der Waals surface area contributed by atoms with Gasteiger partial charge in [-0.25, -0.2) is 0 Å². The second-order valence-corrected chi connectivity index (χ2v) is 13.3. The Kier molecular flexibility index (Phi) is 7.53. The Balaban J connectivity index is 3.02. The molecule has 0 aliphatic rings. The van der Waals surface area contributed by atoms with Crippen molar-refractivity contribution in [2.75, 3.05) is 0 Å². The molecule has 0 N–H and O–H groups in total. The molecule has 1 aromatic carbocycles. The van der Waals surface area contributed by atoms with Gasteiger partial charge in [0, 0.05) is 5.56 Å². The van der Waals surface area contributed by atoms with Crippen LogP contribution >= 0.6 is 0 Å². The first-order chi connectivity index (χ1) is 11.0. The van der Waals surface area contributed by atoms with Crippen LogP contribution < -0.4 is 0 Å². The summed E-state index contributed by atoms with van der Waals surface area (Å²) in [6, 6.07) is 10.5. The van der Waals surface area contributed by atoms with E-state index < -0.39 is 8.32 Å². The summed E-state index contributed by atoms with van der Waals surface area (Å²) in [6.07, 6.45) is 6.93. The van der Waals surface area contributed by atoms with Crippen LogP contribution in [0.4, 0.5) is 0 Å². The molecule has 1 unspecified atom stereocenters. The molecular formula is C22H36OSi. The van der Waals surface area contributed by atoms with Gasteiger partial charge >= 0.3 is 0 Å². The lowest BCUT2D eigenvalue weighted by molar-refractivity contribution is 0.452. The van der Waals surface area contributed by atoms with Gasteiger partial charge in [-0.05, 0) is 56.8 Å². The molecule has 0 heterocycles. The average molecular weight is 345 g/mol. The van der Waals surface area contributed by atoms with Crippen molar-refractivity contribution in [3.8, 4) is 0 Å². The third-order valence-corrected chi connectivity index (χ3v) is 9.18. The third kappa shape index (κ3) is 6.68. The van der Waals surface area contributed by atoms with Crippen LogP contribution in [0.3, 0.4) is 0 Å². The number of rotatable bonds is 7. The van der Waals surface area contributed by atoms with Crippen molar-refractivity contribution in [2.45, 2.75) is 72.5 Å². The molecule has 0 amide bonds. The van der Waals surface area contributed by atoms with Gasteiger partial charge in [0.15, 0.2) is 0 Å². The normalized spacial score (nSPS) is 14.2. The van der Waals surface area contributed by atoms with Crippen molar-refractivity contribution >= 4 is 14.1 Å². The Morgan fingerprint density at radius 2 is 1.71 bits per heavy atom. The molecular weight excluding hydrogens is 308 g/mol. The zero-order valence-electron chi connectivity index (χ0n) is 16.9. The lowest BCUT2D eigenvalue weighted by atomic mass is 10.0. The molecule has 0 saturated heterocycles. The number of hydrogen-bond acceptors (Lipinski definition) is 1. The first kappa shape index (κ1) is 20.8. The quantitative estimate of drug-likeness (QED) is 0.284. The van der Waals surface area contributed by atoms with Crippen molar-refractivity contribution < 1.29 is 4.43 Å². The largest absolute Gasteiger partial charge is 0.543 e. The van der Waals surface area contributed by atoms with Gasteiger partial charge in [0.1, 0.15) is 5.76 Å². The van der Waals surface area contributed by atoms with E-state index in [2.05, 4.69) is 97.1 Å². The Bertz CT molecular complexity index is 557. The third-order valence-electron chi connectivity index (χ3n) is 4.84. The highest BCUT2D eigenvalue weighted by atomic mass is 28.4. The van der Waals surface area contributed by atoms with E-state index in [1.807, 2.05) is 0 Å². The number of benzene rings is 1. The maximum Gasteiger partial charge on any atom is 0.250 e. The average Bonchev–Trinajstić information content (AvgIpc) is 2.45. The van der Waals surface area contributed by atoms with E-state index in [1.165, 1.54) is 11.1 Å². The topological polar surface area (TPSA) is 9.23 Å². The minimum Gasteiger partial charge on any atom is -0.543 e. The highest BCUT2D eigenvalue weighted by Gasteiger charge is 2.39. The minimum absolute atomic E-state index is 0.201. The van der Waals surface area contributed by atoms with E-state index in [-0.39, 0.29) is 5.04 Å². The van der Waals surface area contributed by atoms with E-state index in [4.69, 9.17) is 4.43 Å². The molecule has 1 nitrogen and oxygen atoms in total. The molecule has 1 aromatic rings. The number of allylic oxidation sites excluding steroid dienone is 3. The standard InChI is InChI=1S/C22H36OSi/c1-18(2)13-12-14-19(3)17-21(20-15-10-9-11-16-20)23-24(7,8)22(4,5)6/h9-11,13,15-17,19H,12,14H2,1-8H3/b21-17-. The Hall–Kier alpha value is -1.28. The monoisotopic (exact) mass is 344 g/mol. The summed E-state index contributed by atoms with van der Waals surface area (Å²) in [4.78, 5) is 0. The van der Waals surface area contributed by atoms with Crippen molar-refractivity contribution in [1.82, 2.24) is 0 Å². The van der Waals surface area contributed by atoms with Crippen LogP contribution in [0, 0.1) is 5.92 Å². The Morgan fingerprint density at radius 1 is 1.12 bits per heavy atom. The summed E-state index contributed by atoms with van der Waals surface area (Å²) in [6.45, 7) is 18.1. The van der Waals surface area contributed by atoms with Gasteiger partial charge in [0.05, 0.1) is 0 Å². The summed E-state index contributed by atoms with van der Waals surface area (Å²) < 4.78 is 6.67. The molecule has 0 aliphatic heterocycles. The van der Waals surface area contributed by atoms with Crippen LogP contribution in [0.5, 0.6) is 0 Å². The van der Waals surface area contributed by atoms with Gasteiger partial charge in [0.2, 0.25) is 8.32 Å². The van der Waals surface area contributed by atoms with Crippen LogP contribution in [0.1, 0.15) is 59.9 Å². The predicted molar refractivity (Wildman–Crippen MR) is 111 cm³/mol. The molecule has 0 fully saturated rings. The second kappa shape index (κ2) is 8.71. The molecule has 0 spiro atoms.